The van der Waals surface area contributed by atoms with Crippen molar-refractivity contribution in [2.45, 2.75) is 25.8 Å². The van der Waals surface area contributed by atoms with E-state index in [1.807, 2.05) is 36.6 Å². The summed E-state index contributed by atoms with van der Waals surface area (Å²) in [5, 5.41) is 4.81. The van der Waals surface area contributed by atoms with Crippen LogP contribution in [0.4, 0.5) is 5.69 Å². The summed E-state index contributed by atoms with van der Waals surface area (Å²) in [6, 6.07) is 8.95. The number of carbonyl (C=O) groups excluding carboxylic acids is 2. The highest BCUT2D eigenvalue weighted by molar-refractivity contribution is 9.10. The number of anilines is 1. The molecule has 23 heavy (non-hydrogen) atoms. The lowest BCUT2D eigenvalue weighted by molar-refractivity contribution is -0.119. The fraction of sp³-hybridized carbons (Fsp3) is 0.294. The van der Waals surface area contributed by atoms with Crippen LogP contribution in [0.5, 0.6) is 0 Å². The predicted octanol–water partition coefficient (Wildman–Crippen LogP) is 4.06. The molecule has 1 atom stereocenters. The van der Waals surface area contributed by atoms with Gasteiger partial charge < -0.3 is 10.2 Å². The third-order valence-electron chi connectivity index (χ3n) is 3.97. The van der Waals surface area contributed by atoms with Gasteiger partial charge in [-0.1, -0.05) is 22.0 Å². The van der Waals surface area contributed by atoms with Gasteiger partial charge >= 0.3 is 0 Å². The van der Waals surface area contributed by atoms with Gasteiger partial charge in [0.05, 0.1) is 4.88 Å². The van der Waals surface area contributed by atoms with Gasteiger partial charge in [-0.05, 0) is 55.0 Å². The van der Waals surface area contributed by atoms with Gasteiger partial charge in [0.25, 0.3) is 5.91 Å². The molecular weight excluding hydrogens is 376 g/mol. The molecule has 1 aromatic heterocycles. The van der Waals surface area contributed by atoms with E-state index in [4.69, 9.17) is 0 Å². The lowest BCUT2D eigenvalue weighted by atomic mass is 10.1. The Kier molecular flexibility index (Phi) is 4.82. The second kappa shape index (κ2) is 6.84. The van der Waals surface area contributed by atoms with E-state index in [0.29, 0.717) is 17.8 Å². The molecule has 1 aromatic carbocycles. The van der Waals surface area contributed by atoms with Gasteiger partial charge in [0, 0.05) is 16.7 Å². The maximum atomic E-state index is 12.6. The molecule has 0 unspecified atom stereocenters. The highest BCUT2D eigenvalue weighted by Gasteiger charge is 2.34. The number of aryl methyl sites for hydroxylation is 1. The molecule has 1 saturated heterocycles. The number of benzene rings is 1. The fourth-order valence-corrected chi connectivity index (χ4v) is 3.70. The van der Waals surface area contributed by atoms with Crippen LogP contribution >= 0.6 is 27.3 Å². The monoisotopic (exact) mass is 392 g/mol. The first kappa shape index (κ1) is 16.2. The fourth-order valence-electron chi connectivity index (χ4n) is 2.77. The van der Waals surface area contributed by atoms with E-state index < -0.39 is 6.04 Å². The van der Waals surface area contributed by atoms with E-state index in [9.17, 15) is 9.59 Å². The van der Waals surface area contributed by atoms with Crippen LogP contribution in [0.25, 0.3) is 0 Å². The van der Waals surface area contributed by atoms with E-state index in [2.05, 4.69) is 21.2 Å². The minimum absolute atomic E-state index is 0.0513. The number of carbonyl (C=O) groups is 2. The number of rotatable bonds is 3. The first-order valence-corrected chi connectivity index (χ1v) is 9.15. The minimum Gasteiger partial charge on any atom is -0.326 e. The van der Waals surface area contributed by atoms with E-state index in [1.54, 1.807) is 11.0 Å². The van der Waals surface area contributed by atoms with E-state index in [-0.39, 0.29) is 11.8 Å². The number of nitrogens with one attached hydrogen (secondary N) is 1. The molecule has 0 saturated carbocycles. The van der Waals surface area contributed by atoms with Crippen molar-refractivity contribution in [2.24, 2.45) is 0 Å². The van der Waals surface area contributed by atoms with Crippen LogP contribution in [0, 0.1) is 6.92 Å². The van der Waals surface area contributed by atoms with E-state index in [1.165, 1.54) is 11.3 Å². The molecule has 6 heteroatoms. The molecule has 0 radical (unpaired) electrons. The molecule has 1 fully saturated rings. The van der Waals surface area contributed by atoms with Crippen LogP contribution in [-0.2, 0) is 4.79 Å². The van der Waals surface area contributed by atoms with Crippen molar-refractivity contribution in [2.75, 3.05) is 11.9 Å². The maximum Gasteiger partial charge on any atom is 0.264 e. The first-order valence-electron chi connectivity index (χ1n) is 7.48. The molecule has 2 aromatic rings. The highest BCUT2D eigenvalue weighted by atomic mass is 79.9. The molecule has 2 amide bonds. The van der Waals surface area contributed by atoms with Crippen molar-refractivity contribution < 1.29 is 9.59 Å². The van der Waals surface area contributed by atoms with Crippen LogP contribution < -0.4 is 5.32 Å². The largest absolute Gasteiger partial charge is 0.326 e. The van der Waals surface area contributed by atoms with Gasteiger partial charge in [-0.25, -0.2) is 0 Å². The van der Waals surface area contributed by atoms with Crippen LogP contribution in [0.1, 0.15) is 28.1 Å². The zero-order valence-corrected chi connectivity index (χ0v) is 15.1. The van der Waals surface area contributed by atoms with E-state index >= 15 is 0 Å². The third-order valence-corrected chi connectivity index (χ3v) is 5.72. The molecule has 0 spiro atoms. The summed E-state index contributed by atoms with van der Waals surface area (Å²) in [6.45, 7) is 2.61. The number of nitrogens with zero attached hydrogens (tertiary/aromatic N) is 1. The standard InChI is InChI=1S/C17H17BrN2O2S/c1-11-10-12(6-7-13(11)18)19-16(21)14-4-2-8-20(14)17(22)15-5-3-9-23-15/h3,5-7,9-10,14H,2,4,8H2,1H3,(H,19,21)/t14-/m0/s1. The predicted molar refractivity (Wildman–Crippen MR) is 95.9 cm³/mol. The molecular formula is C17H17BrN2O2S. The number of halogens is 1. The first-order chi connectivity index (χ1) is 11.1. The van der Waals surface area contributed by atoms with Crippen molar-refractivity contribution in [3.63, 3.8) is 0 Å². The van der Waals surface area contributed by atoms with Crippen LogP contribution in [0.15, 0.2) is 40.2 Å². The van der Waals surface area contributed by atoms with Gasteiger partial charge in [-0.15, -0.1) is 11.3 Å². The Bertz CT molecular complexity index is 730. The van der Waals surface area contributed by atoms with Crippen LogP contribution in [0.3, 0.4) is 0 Å². The third kappa shape index (κ3) is 3.48. The van der Waals surface area contributed by atoms with Crippen molar-refractivity contribution >= 4 is 44.8 Å². The second-order valence-electron chi connectivity index (χ2n) is 5.59. The quantitative estimate of drug-likeness (QED) is 0.855. The highest BCUT2D eigenvalue weighted by Crippen LogP contribution is 2.25. The molecule has 1 aliphatic heterocycles. The second-order valence-corrected chi connectivity index (χ2v) is 7.39. The summed E-state index contributed by atoms with van der Waals surface area (Å²) in [4.78, 5) is 27.5. The van der Waals surface area contributed by atoms with Crippen molar-refractivity contribution in [1.82, 2.24) is 4.90 Å². The smallest absolute Gasteiger partial charge is 0.264 e. The maximum absolute atomic E-state index is 12.6. The SMILES string of the molecule is Cc1cc(NC(=O)[C@@H]2CCCN2C(=O)c2cccs2)ccc1Br. The summed E-state index contributed by atoms with van der Waals surface area (Å²) in [5.74, 6) is -0.168. The normalized spacial score (nSPS) is 17.3. The summed E-state index contributed by atoms with van der Waals surface area (Å²) in [5.41, 5.74) is 1.81. The van der Waals surface area contributed by atoms with Crippen molar-refractivity contribution in [1.29, 1.82) is 0 Å². The van der Waals surface area contributed by atoms with E-state index in [0.717, 1.165) is 22.1 Å². The summed E-state index contributed by atoms with van der Waals surface area (Å²) >= 11 is 4.86. The summed E-state index contributed by atoms with van der Waals surface area (Å²) in [7, 11) is 0. The summed E-state index contributed by atoms with van der Waals surface area (Å²) in [6.07, 6.45) is 1.56. The minimum atomic E-state index is -0.395. The van der Waals surface area contributed by atoms with Gasteiger partial charge in [0.2, 0.25) is 5.91 Å². The van der Waals surface area contributed by atoms with Gasteiger partial charge in [0.15, 0.2) is 0 Å². The molecule has 1 N–H and O–H groups in total. The number of likely N-dealkylation sites (tertiary alicyclic amines) is 1. The Labute approximate surface area is 147 Å². The number of amides is 2. The molecule has 120 valence electrons. The Morgan fingerprint density at radius 1 is 1.35 bits per heavy atom. The Balaban J connectivity index is 1.73. The van der Waals surface area contributed by atoms with Gasteiger partial charge in [0.1, 0.15) is 6.04 Å². The van der Waals surface area contributed by atoms with Crippen LogP contribution in [0.2, 0.25) is 0 Å². The Morgan fingerprint density at radius 2 is 2.17 bits per heavy atom. The number of hydrogen-bond donors (Lipinski definition) is 1. The molecule has 0 aliphatic carbocycles. The van der Waals surface area contributed by atoms with Crippen LogP contribution in [-0.4, -0.2) is 29.3 Å². The number of thiophene rings is 1. The van der Waals surface area contributed by atoms with Crippen molar-refractivity contribution in [3.8, 4) is 0 Å². The van der Waals surface area contributed by atoms with Gasteiger partial charge in [-0.2, -0.15) is 0 Å². The molecule has 3 rings (SSSR count). The zero-order valence-electron chi connectivity index (χ0n) is 12.7. The lowest BCUT2D eigenvalue weighted by Gasteiger charge is -2.23. The summed E-state index contributed by atoms with van der Waals surface area (Å²) < 4.78 is 1.01. The average Bonchev–Trinajstić information content (AvgIpc) is 3.21. The molecule has 4 nitrogen and oxygen atoms in total. The average molecular weight is 393 g/mol. The molecule has 2 heterocycles. The molecule has 0 bridgehead atoms. The number of hydrogen-bond acceptors (Lipinski definition) is 3. The lowest BCUT2D eigenvalue weighted by Crippen LogP contribution is -2.42. The zero-order chi connectivity index (χ0) is 16.4. The van der Waals surface area contributed by atoms with Gasteiger partial charge in [-0.3, -0.25) is 9.59 Å². The van der Waals surface area contributed by atoms with Crippen molar-refractivity contribution in [3.05, 3.63) is 50.6 Å². The Morgan fingerprint density at radius 3 is 2.87 bits per heavy atom. The Hall–Kier alpha value is -1.66. The molecule has 1 aliphatic rings. The topological polar surface area (TPSA) is 49.4 Å².